The second-order valence-corrected chi connectivity index (χ2v) is 19.7. The summed E-state index contributed by atoms with van der Waals surface area (Å²) in [5, 5.41) is 0.372. The largest absolute Gasteiger partial charge is 0.487 e. The lowest BCUT2D eigenvalue weighted by Crippen LogP contribution is -2.38. The van der Waals surface area contributed by atoms with Crippen molar-refractivity contribution in [3.05, 3.63) is 18.2 Å². The van der Waals surface area contributed by atoms with Gasteiger partial charge in [-0.3, -0.25) is 0 Å². The van der Waals surface area contributed by atoms with Crippen molar-refractivity contribution in [3.63, 3.8) is 0 Å². The minimum atomic E-state index is -2.79. The Morgan fingerprint density at radius 1 is 0.893 bits per heavy atom. The molecule has 0 fully saturated rings. The highest BCUT2D eigenvalue weighted by molar-refractivity contribution is 7.84. The van der Waals surface area contributed by atoms with E-state index in [1.54, 1.807) is 0 Å². The molecule has 0 unspecified atom stereocenters. The van der Waals surface area contributed by atoms with Crippen molar-refractivity contribution in [2.45, 2.75) is 110 Å². The van der Waals surface area contributed by atoms with Gasteiger partial charge in [0.15, 0.2) is 5.59 Å². The first-order valence-electron chi connectivity index (χ1n) is 10.2. The standard InChI is InChI=1S/C23H40O3P2/c1-20(2,3)26-17-15-13-14-16-18(17)27(21(4,5)6)19(25-16)28(24,22(7,8)9)23(10,11)12/h13-15,19H,1-12H3/t19-,27+/m0/s1. The number of ether oxygens (including phenoxy) is 2. The molecule has 1 aromatic carbocycles. The van der Waals surface area contributed by atoms with E-state index in [4.69, 9.17) is 9.47 Å². The van der Waals surface area contributed by atoms with Gasteiger partial charge in [0.25, 0.3) is 0 Å². The van der Waals surface area contributed by atoms with E-state index >= 15 is 0 Å². The third kappa shape index (κ3) is 4.17. The average Bonchev–Trinajstić information content (AvgIpc) is 2.82. The molecular formula is C23H40O3P2. The van der Waals surface area contributed by atoms with E-state index < -0.39 is 15.1 Å². The molecule has 1 aliphatic heterocycles. The molecule has 5 heteroatoms. The molecule has 1 heterocycles. The van der Waals surface area contributed by atoms with E-state index in [-0.39, 0.29) is 26.7 Å². The Hall–Kier alpha value is -0.520. The Balaban J connectivity index is 2.76. The van der Waals surface area contributed by atoms with Crippen LogP contribution >= 0.6 is 15.1 Å². The molecule has 0 radical (unpaired) electrons. The Labute approximate surface area is 174 Å². The molecule has 3 nitrogen and oxygen atoms in total. The van der Waals surface area contributed by atoms with Crippen LogP contribution in [0.2, 0.25) is 0 Å². The summed E-state index contributed by atoms with van der Waals surface area (Å²) in [6.07, 6.45) is 0. The van der Waals surface area contributed by atoms with Gasteiger partial charge in [0, 0.05) is 10.3 Å². The zero-order valence-corrected chi connectivity index (χ0v) is 21.7. The number of hydrogen-bond acceptors (Lipinski definition) is 3. The van der Waals surface area contributed by atoms with Gasteiger partial charge in [-0.25, -0.2) is 0 Å². The maximum atomic E-state index is 14.8. The molecule has 0 spiro atoms. The van der Waals surface area contributed by atoms with Crippen LogP contribution in [0.5, 0.6) is 11.5 Å². The number of rotatable bonds is 2. The van der Waals surface area contributed by atoms with Crippen LogP contribution in [0.1, 0.15) is 83.1 Å². The van der Waals surface area contributed by atoms with Crippen molar-refractivity contribution in [3.8, 4) is 11.5 Å². The minimum absolute atomic E-state index is 0.0608. The van der Waals surface area contributed by atoms with Crippen LogP contribution in [0.3, 0.4) is 0 Å². The molecule has 0 saturated carbocycles. The lowest BCUT2D eigenvalue weighted by Gasteiger charge is -2.47. The second-order valence-electron chi connectivity index (χ2n) is 11.8. The Bertz CT molecular complexity index is 753. The van der Waals surface area contributed by atoms with E-state index in [1.165, 1.54) is 0 Å². The van der Waals surface area contributed by atoms with Crippen LogP contribution in [0.15, 0.2) is 18.2 Å². The summed E-state index contributed by atoms with van der Waals surface area (Å²) in [7, 11) is -3.66. The molecule has 160 valence electrons. The normalized spacial score (nSPS) is 21.3. The summed E-state index contributed by atoms with van der Waals surface area (Å²) in [4.78, 5) is 0. The Morgan fingerprint density at radius 3 is 1.79 bits per heavy atom. The highest BCUT2D eigenvalue weighted by atomic mass is 31.2. The maximum absolute atomic E-state index is 14.8. The smallest absolute Gasteiger partial charge is 0.174 e. The quantitative estimate of drug-likeness (QED) is 0.462. The van der Waals surface area contributed by atoms with Gasteiger partial charge in [-0.1, -0.05) is 68.4 Å². The van der Waals surface area contributed by atoms with Crippen molar-refractivity contribution in [1.29, 1.82) is 0 Å². The molecule has 1 aromatic rings. The second kappa shape index (κ2) is 7.02. The van der Waals surface area contributed by atoms with E-state index in [9.17, 15) is 4.57 Å². The summed E-state index contributed by atoms with van der Waals surface area (Å²) in [5.41, 5.74) is -0.605. The van der Waals surface area contributed by atoms with Gasteiger partial charge in [0.2, 0.25) is 0 Å². The first-order chi connectivity index (χ1) is 12.3. The van der Waals surface area contributed by atoms with Gasteiger partial charge in [-0.2, -0.15) is 0 Å². The van der Waals surface area contributed by atoms with Crippen molar-refractivity contribution >= 4 is 20.4 Å². The minimum Gasteiger partial charge on any atom is -0.487 e. The summed E-state index contributed by atoms with van der Waals surface area (Å²) in [5.74, 6) is 1.73. The third-order valence-electron chi connectivity index (χ3n) is 5.10. The Kier molecular flexibility index (Phi) is 5.96. The molecule has 2 atom stereocenters. The van der Waals surface area contributed by atoms with Crippen LogP contribution in [0, 0.1) is 0 Å². The molecule has 0 aliphatic carbocycles. The van der Waals surface area contributed by atoms with Crippen molar-refractivity contribution in [2.24, 2.45) is 0 Å². The van der Waals surface area contributed by atoms with E-state index in [0.717, 1.165) is 16.8 Å². The maximum Gasteiger partial charge on any atom is 0.174 e. The molecular weight excluding hydrogens is 386 g/mol. The van der Waals surface area contributed by atoms with Crippen LogP contribution in [0.25, 0.3) is 0 Å². The van der Waals surface area contributed by atoms with Gasteiger partial charge < -0.3 is 14.0 Å². The predicted molar refractivity (Wildman–Crippen MR) is 125 cm³/mol. The molecule has 0 aromatic heterocycles. The zero-order valence-electron chi connectivity index (χ0n) is 19.9. The fourth-order valence-corrected chi connectivity index (χ4v) is 15.0. The average molecular weight is 427 g/mol. The number of fused-ring (bicyclic) bond motifs is 1. The SMILES string of the molecule is CC(C)(C)Oc1cccc2c1[P@@](C(C)(C)C)[C@@H](P(=O)(C(C)(C)C)C(C)(C)C)O2. The van der Waals surface area contributed by atoms with Gasteiger partial charge in [-0.05, 0) is 46.0 Å². The summed E-state index contributed by atoms with van der Waals surface area (Å²) in [6.45, 7) is 25.6. The zero-order chi connectivity index (χ0) is 21.9. The lowest BCUT2D eigenvalue weighted by molar-refractivity contribution is 0.132. The van der Waals surface area contributed by atoms with Crippen LogP contribution in [0.4, 0.5) is 0 Å². The highest BCUT2D eigenvalue weighted by Gasteiger charge is 2.60. The summed E-state index contributed by atoms with van der Waals surface area (Å²) >= 11 is 0. The van der Waals surface area contributed by atoms with Gasteiger partial charge in [-0.15, -0.1) is 0 Å². The predicted octanol–water partition coefficient (Wildman–Crippen LogP) is 7.41. The van der Waals surface area contributed by atoms with Gasteiger partial charge in [0.05, 0.1) is 5.30 Å². The molecule has 0 saturated heterocycles. The van der Waals surface area contributed by atoms with E-state index in [1.807, 2.05) is 18.2 Å². The fourth-order valence-electron chi connectivity index (χ4n) is 4.10. The van der Waals surface area contributed by atoms with Crippen molar-refractivity contribution in [2.75, 3.05) is 0 Å². The molecule has 0 bridgehead atoms. The first-order valence-corrected chi connectivity index (χ1v) is 13.4. The van der Waals surface area contributed by atoms with Crippen LogP contribution in [-0.4, -0.2) is 26.7 Å². The number of hydrogen-bond donors (Lipinski definition) is 0. The van der Waals surface area contributed by atoms with Gasteiger partial charge in [0.1, 0.15) is 24.2 Å². The summed E-state index contributed by atoms with van der Waals surface area (Å²) in [6, 6.07) is 6.04. The van der Waals surface area contributed by atoms with Crippen LogP contribution < -0.4 is 14.8 Å². The first kappa shape index (κ1) is 23.8. The van der Waals surface area contributed by atoms with Crippen molar-refractivity contribution in [1.82, 2.24) is 0 Å². The van der Waals surface area contributed by atoms with Crippen molar-refractivity contribution < 1.29 is 14.0 Å². The van der Waals surface area contributed by atoms with E-state index in [0.29, 0.717) is 0 Å². The molecule has 0 amide bonds. The molecule has 2 rings (SSSR count). The molecule has 1 aliphatic rings. The molecule has 28 heavy (non-hydrogen) atoms. The Morgan fingerprint density at radius 2 is 1.39 bits per heavy atom. The fraction of sp³-hybridized carbons (Fsp3) is 0.739. The van der Waals surface area contributed by atoms with Gasteiger partial charge >= 0.3 is 0 Å². The van der Waals surface area contributed by atoms with Crippen LogP contribution in [-0.2, 0) is 4.57 Å². The molecule has 0 N–H and O–H groups in total. The highest BCUT2D eigenvalue weighted by Crippen LogP contribution is 2.80. The monoisotopic (exact) mass is 426 g/mol. The van der Waals surface area contributed by atoms with E-state index in [2.05, 4.69) is 83.1 Å². The third-order valence-corrected chi connectivity index (χ3v) is 14.4. The summed E-state index contributed by atoms with van der Waals surface area (Å²) < 4.78 is 27.8. The lowest BCUT2D eigenvalue weighted by atomic mass is 10.2. The number of benzene rings is 1. The topological polar surface area (TPSA) is 35.5 Å².